The van der Waals surface area contributed by atoms with Gasteiger partial charge in [0.05, 0.1) is 0 Å². The number of ether oxygens (including phenoxy) is 1. The summed E-state index contributed by atoms with van der Waals surface area (Å²) < 4.78 is 5.26. The number of rotatable bonds is 8. The maximum Gasteiger partial charge on any atom is 0.330 e. The van der Waals surface area contributed by atoms with Crippen molar-refractivity contribution in [3.05, 3.63) is 72.4 Å². The Morgan fingerprint density at radius 2 is 2.05 bits per heavy atom. The molecule has 0 fully saturated rings. The fourth-order valence-corrected chi connectivity index (χ4v) is 2.20. The maximum absolute atomic E-state index is 11.4. The summed E-state index contributed by atoms with van der Waals surface area (Å²) in [6.07, 6.45) is 7.16. The van der Waals surface area contributed by atoms with E-state index in [1.54, 1.807) is 0 Å². The number of carbonyl (C=O) groups excluding carboxylic acids is 1. The van der Waals surface area contributed by atoms with Crippen molar-refractivity contribution < 1.29 is 9.53 Å². The summed E-state index contributed by atoms with van der Waals surface area (Å²) in [4.78, 5) is 11.4. The predicted octanol–water partition coefficient (Wildman–Crippen LogP) is 4.58. The third-order valence-electron chi connectivity index (χ3n) is 3.39. The first kappa shape index (κ1) is 17.0. The highest BCUT2D eigenvalue weighted by atomic mass is 16.5. The molecule has 0 N–H and O–H groups in total. The zero-order chi connectivity index (χ0) is 15.7. The van der Waals surface area contributed by atoms with E-state index in [0.29, 0.717) is 0 Å². The molecule has 1 unspecified atom stereocenters. The van der Waals surface area contributed by atoms with Gasteiger partial charge in [0.1, 0.15) is 6.61 Å². The van der Waals surface area contributed by atoms with Crippen molar-refractivity contribution in [3.8, 4) is 0 Å². The van der Waals surface area contributed by atoms with Gasteiger partial charge in [0.2, 0.25) is 0 Å². The van der Waals surface area contributed by atoms with Crippen molar-refractivity contribution in [2.45, 2.75) is 32.6 Å². The number of hydrogen-bond acceptors (Lipinski definition) is 2. The third-order valence-corrected chi connectivity index (χ3v) is 3.39. The number of esters is 1. The van der Waals surface area contributed by atoms with Crippen LogP contribution in [0.2, 0.25) is 0 Å². The second kappa shape index (κ2) is 8.96. The first-order valence-corrected chi connectivity index (χ1v) is 7.36. The van der Waals surface area contributed by atoms with E-state index in [0.717, 1.165) is 18.4 Å². The molecule has 1 aromatic rings. The van der Waals surface area contributed by atoms with Crippen molar-refractivity contribution >= 4 is 5.97 Å². The van der Waals surface area contributed by atoms with E-state index < -0.39 is 5.97 Å². The number of allylic oxidation sites excluding steroid dienone is 2. The molecule has 0 saturated heterocycles. The second-order valence-electron chi connectivity index (χ2n) is 4.82. The Morgan fingerprint density at radius 1 is 1.33 bits per heavy atom. The number of carbonyl (C=O) groups is 1. The minimum Gasteiger partial charge on any atom is -0.462 e. The van der Waals surface area contributed by atoms with E-state index in [4.69, 9.17) is 4.74 Å². The molecule has 0 heterocycles. The van der Waals surface area contributed by atoms with E-state index >= 15 is 0 Å². The lowest BCUT2D eigenvalue weighted by molar-refractivity contribution is -0.138. The van der Waals surface area contributed by atoms with Crippen LogP contribution in [0.4, 0.5) is 0 Å². The van der Waals surface area contributed by atoms with E-state index in [-0.39, 0.29) is 12.5 Å². The second-order valence-corrected chi connectivity index (χ2v) is 4.82. The normalized spacial score (nSPS) is 12.1. The fraction of sp³-hybridized carbons (Fsp3) is 0.316. The van der Waals surface area contributed by atoms with Gasteiger partial charge < -0.3 is 4.74 Å². The van der Waals surface area contributed by atoms with Crippen LogP contribution >= 0.6 is 0 Å². The minimum absolute atomic E-state index is 0.0205. The molecule has 21 heavy (non-hydrogen) atoms. The molecule has 0 spiro atoms. The molecule has 1 rings (SSSR count). The standard InChI is InChI=1S/C19H24O2/c1-5-8-11-15(4)18(14-21-19(20)7-3)17-13-10-9-12-16(17)6-2/h7-13,18H,3-6,14H2,1-2H3/b11-8-. The van der Waals surface area contributed by atoms with Crippen molar-refractivity contribution in [3.63, 3.8) is 0 Å². The van der Waals surface area contributed by atoms with E-state index in [9.17, 15) is 4.79 Å². The summed E-state index contributed by atoms with van der Waals surface area (Å²) in [5.74, 6) is -0.422. The Kier molecular flexibility index (Phi) is 7.24. The average molecular weight is 284 g/mol. The predicted molar refractivity (Wildman–Crippen MR) is 88.3 cm³/mol. The van der Waals surface area contributed by atoms with Crippen LogP contribution < -0.4 is 0 Å². The minimum atomic E-state index is -0.402. The molecule has 0 saturated carbocycles. The molecule has 0 amide bonds. The van der Waals surface area contributed by atoms with Gasteiger partial charge in [-0.25, -0.2) is 4.79 Å². The Labute approximate surface area is 127 Å². The maximum atomic E-state index is 11.4. The summed E-state index contributed by atoms with van der Waals surface area (Å²) in [7, 11) is 0. The highest BCUT2D eigenvalue weighted by Gasteiger charge is 2.18. The van der Waals surface area contributed by atoms with E-state index in [1.165, 1.54) is 17.2 Å². The first-order chi connectivity index (χ1) is 10.1. The number of hydrogen-bond donors (Lipinski definition) is 0. The highest BCUT2D eigenvalue weighted by Crippen LogP contribution is 2.28. The quantitative estimate of drug-likeness (QED) is 0.396. The van der Waals surface area contributed by atoms with Gasteiger partial charge in [-0.15, -0.1) is 0 Å². The summed E-state index contributed by atoms with van der Waals surface area (Å²) >= 11 is 0. The zero-order valence-electron chi connectivity index (χ0n) is 13.0. The van der Waals surface area contributed by atoms with Gasteiger partial charge in [0, 0.05) is 12.0 Å². The van der Waals surface area contributed by atoms with Gasteiger partial charge >= 0.3 is 5.97 Å². The topological polar surface area (TPSA) is 26.3 Å². The van der Waals surface area contributed by atoms with Crippen molar-refractivity contribution in [1.29, 1.82) is 0 Å². The number of aryl methyl sites for hydroxylation is 1. The smallest absolute Gasteiger partial charge is 0.330 e. The molecule has 2 nitrogen and oxygen atoms in total. The highest BCUT2D eigenvalue weighted by molar-refractivity contribution is 5.81. The van der Waals surface area contributed by atoms with Gasteiger partial charge in [-0.05, 0) is 29.5 Å². The summed E-state index contributed by atoms with van der Waals surface area (Å²) in [5, 5.41) is 0. The molecule has 112 valence electrons. The van der Waals surface area contributed by atoms with Crippen LogP contribution in [0.3, 0.4) is 0 Å². The van der Waals surface area contributed by atoms with Gasteiger partial charge in [-0.3, -0.25) is 0 Å². The van der Waals surface area contributed by atoms with Crippen LogP contribution in [0.25, 0.3) is 0 Å². The van der Waals surface area contributed by atoms with Crippen molar-refractivity contribution in [2.75, 3.05) is 6.61 Å². The van der Waals surface area contributed by atoms with Crippen LogP contribution in [-0.4, -0.2) is 12.6 Å². The Balaban J connectivity index is 3.05. The monoisotopic (exact) mass is 284 g/mol. The van der Waals surface area contributed by atoms with Crippen LogP contribution in [0.15, 0.2) is 61.2 Å². The molecular weight excluding hydrogens is 260 g/mol. The SMILES string of the molecule is C=CC(=O)OCC(C(=C)/C=C\CC)c1ccccc1CC. The van der Waals surface area contributed by atoms with Crippen molar-refractivity contribution in [2.24, 2.45) is 0 Å². The molecule has 2 heteroatoms. The third kappa shape index (κ3) is 5.07. The van der Waals surface area contributed by atoms with Crippen molar-refractivity contribution in [1.82, 2.24) is 0 Å². The molecule has 1 aromatic carbocycles. The Morgan fingerprint density at radius 3 is 2.67 bits per heavy atom. The summed E-state index contributed by atoms with van der Waals surface area (Å²) in [5.41, 5.74) is 3.38. The lowest BCUT2D eigenvalue weighted by Crippen LogP contribution is -2.14. The molecule has 0 aliphatic carbocycles. The molecule has 0 radical (unpaired) electrons. The molecular formula is C19H24O2. The summed E-state index contributed by atoms with van der Waals surface area (Å²) in [6.45, 7) is 12.1. The van der Waals surface area contributed by atoms with Gasteiger partial charge in [0.25, 0.3) is 0 Å². The largest absolute Gasteiger partial charge is 0.462 e. The summed E-state index contributed by atoms with van der Waals surface area (Å²) in [6, 6.07) is 8.22. The van der Waals surface area contributed by atoms with Crippen LogP contribution in [0.5, 0.6) is 0 Å². The lowest BCUT2D eigenvalue weighted by Gasteiger charge is -2.20. The van der Waals surface area contributed by atoms with Crippen LogP contribution in [-0.2, 0) is 16.0 Å². The molecule has 0 bridgehead atoms. The lowest BCUT2D eigenvalue weighted by atomic mass is 9.88. The Bertz CT molecular complexity index is 526. The van der Waals surface area contributed by atoms with Gasteiger partial charge in [-0.2, -0.15) is 0 Å². The van der Waals surface area contributed by atoms with Gasteiger partial charge in [0.15, 0.2) is 0 Å². The van der Waals surface area contributed by atoms with Gasteiger partial charge in [-0.1, -0.05) is 63.4 Å². The zero-order valence-corrected chi connectivity index (χ0v) is 13.0. The van der Waals surface area contributed by atoms with E-state index in [1.807, 2.05) is 18.2 Å². The van der Waals surface area contributed by atoms with Crippen LogP contribution in [0.1, 0.15) is 37.3 Å². The molecule has 0 aliphatic heterocycles. The Hall–Kier alpha value is -2.09. The fourth-order valence-electron chi connectivity index (χ4n) is 2.20. The molecule has 1 atom stereocenters. The molecule has 0 aromatic heterocycles. The molecule has 0 aliphatic rings. The number of benzene rings is 1. The first-order valence-electron chi connectivity index (χ1n) is 7.36. The average Bonchev–Trinajstić information content (AvgIpc) is 2.53. The van der Waals surface area contributed by atoms with E-state index in [2.05, 4.69) is 45.2 Å². The van der Waals surface area contributed by atoms with Crippen LogP contribution in [0, 0.1) is 0 Å².